The smallest absolute Gasteiger partial charge is 0.266 e. The van der Waals surface area contributed by atoms with Crippen LogP contribution in [-0.2, 0) is 0 Å². The van der Waals surface area contributed by atoms with Crippen LogP contribution in [0.2, 0.25) is 5.02 Å². The number of benzene rings is 1. The highest BCUT2D eigenvalue weighted by Gasteiger charge is 2.12. The number of thioether (sulfide) groups is 1. The second kappa shape index (κ2) is 5.39. The molecule has 1 aromatic heterocycles. The molecule has 3 nitrogen and oxygen atoms in total. The van der Waals surface area contributed by atoms with E-state index in [1.54, 1.807) is 6.20 Å². The Balaban J connectivity index is 2.70. The number of halogens is 1. The second-order valence-corrected chi connectivity index (χ2v) is 5.69. The zero-order valence-electron chi connectivity index (χ0n) is 11.3. The number of rotatable bonds is 2. The molecule has 0 aliphatic rings. The van der Waals surface area contributed by atoms with E-state index < -0.39 is 0 Å². The SMILES string of the molecule is CSc1cnn(-c2cc(C)c(C)cc2C)c(=O)c1Cl. The van der Waals surface area contributed by atoms with Gasteiger partial charge in [-0.25, -0.2) is 0 Å². The highest BCUT2D eigenvalue weighted by atomic mass is 35.5. The van der Waals surface area contributed by atoms with Crippen molar-refractivity contribution in [1.29, 1.82) is 0 Å². The third-order valence-electron chi connectivity index (χ3n) is 3.15. The van der Waals surface area contributed by atoms with Gasteiger partial charge in [-0.1, -0.05) is 17.7 Å². The lowest BCUT2D eigenvalue weighted by Gasteiger charge is -2.12. The first-order valence-corrected chi connectivity index (χ1v) is 7.46. The first-order valence-electron chi connectivity index (χ1n) is 5.85. The van der Waals surface area contributed by atoms with E-state index in [1.165, 1.54) is 22.0 Å². The van der Waals surface area contributed by atoms with Crippen LogP contribution in [0.4, 0.5) is 0 Å². The van der Waals surface area contributed by atoms with E-state index in [0.717, 1.165) is 16.8 Å². The summed E-state index contributed by atoms with van der Waals surface area (Å²) in [4.78, 5) is 13.0. The normalized spacial score (nSPS) is 10.8. The Morgan fingerprint density at radius 2 is 1.79 bits per heavy atom. The summed E-state index contributed by atoms with van der Waals surface area (Å²) < 4.78 is 1.36. The molecule has 0 atom stereocenters. The molecule has 19 heavy (non-hydrogen) atoms. The molecule has 0 spiro atoms. The molecule has 0 amide bonds. The quantitative estimate of drug-likeness (QED) is 0.795. The topological polar surface area (TPSA) is 34.9 Å². The van der Waals surface area contributed by atoms with Crippen LogP contribution in [0.3, 0.4) is 0 Å². The lowest BCUT2D eigenvalue weighted by Crippen LogP contribution is -2.22. The fourth-order valence-corrected chi connectivity index (χ4v) is 2.68. The standard InChI is InChI=1S/C14H15ClN2OS/c1-8-5-10(3)11(6-9(8)2)17-14(18)13(15)12(19-4)7-16-17/h5-7H,1-4H3. The Morgan fingerprint density at radius 3 is 2.42 bits per heavy atom. The van der Waals surface area contributed by atoms with Crippen molar-refractivity contribution in [2.24, 2.45) is 0 Å². The van der Waals surface area contributed by atoms with Gasteiger partial charge in [-0.05, 0) is 49.8 Å². The van der Waals surface area contributed by atoms with E-state index in [9.17, 15) is 4.79 Å². The van der Waals surface area contributed by atoms with E-state index in [2.05, 4.69) is 11.2 Å². The van der Waals surface area contributed by atoms with Gasteiger partial charge in [0.2, 0.25) is 0 Å². The van der Waals surface area contributed by atoms with Crippen LogP contribution in [0, 0.1) is 20.8 Å². The number of hydrogen-bond donors (Lipinski definition) is 0. The average Bonchev–Trinajstić information content (AvgIpc) is 2.37. The Morgan fingerprint density at radius 1 is 1.16 bits per heavy atom. The molecule has 0 aliphatic carbocycles. The van der Waals surface area contributed by atoms with Gasteiger partial charge in [-0.2, -0.15) is 9.78 Å². The molecule has 0 radical (unpaired) electrons. The van der Waals surface area contributed by atoms with Crippen molar-refractivity contribution in [2.75, 3.05) is 6.26 Å². The maximum Gasteiger partial charge on any atom is 0.291 e. The second-order valence-electron chi connectivity index (χ2n) is 4.47. The zero-order chi connectivity index (χ0) is 14.2. The van der Waals surface area contributed by atoms with Crippen LogP contribution in [-0.4, -0.2) is 16.0 Å². The summed E-state index contributed by atoms with van der Waals surface area (Å²) in [6.07, 6.45) is 3.50. The summed E-state index contributed by atoms with van der Waals surface area (Å²) >= 11 is 7.49. The number of aryl methyl sites for hydroxylation is 3. The first-order chi connectivity index (χ1) is 8.95. The minimum atomic E-state index is -0.278. The Kier molecular flexibility index (Phi) is 4.02. The lowest BCUT2D eigenvalue weighted by atomic mass is 10.1. The average molecular weight is 295 g/mol. The molecule has 0 aliphatic heterocycles. The molecular formula is C14H15ClN2OS. The third kappa shape index (κ3) is 2.55. The molecule has 1 heterocycles. The van der Waals surface area contributed by atoms with Gasteiger partial charge in [0, 0.05) is 0 Å². The molecule has 2 rings (SSSR count). The van der Waals surface area contributed by atoms with Crippen molar-refractivity contribution in [2.45, 2.75) is 25.7 Å². The van der Waals surface area contributed by atoms with Gasteiger partial charge in [-0.15, -0.1) is 11.8 Å². The molecule has 0 unspecified atom stereocenters. The van der Waals surface area contributed by atoms with Crippen molar-refractivity contribution in [3.63, 3.8) is 0 Å². The number of nitrogens with zero attached hydrogens (tertiary/aromatic N) is 2. The predicted molar refractivity (Wildman–Crippen MR) is 80.8 cm³/mol. The Labute approximate surface area is 121 Å². The van der Waals surface area contributed by atoms with Gasteiger partial charge in [0.1, 0.15) is 5.02 Å². The summed E-state index contributed by atoms with van der Waals surface area (Å²) in [6, 6.07) is 4.02. The van der Waals surface area contributed by atoms with E-state index in [-0.39, 0.29) is 10.6 Å². The minimum absolute atomic E-state index is 0.222. The maximum absolute atomic E-state index is 12.3. The van der Waals surface area contributed by atoms with Crippen molar-refractivity contribution >= 4 is 23.4 Å². The van der Waals surface area contributed by atoms with Crippen LogP contribution in [0.5, 0.6) is 0 Å². The monoisotopic (exact) mass is 294 g/mol. The Hall–Kier alpha value is -1.26. The third-order valence-corrected chi connectivity index (χ3v) is 4.37. The lowest BCUT2D eigenvalue weighted by molar-refractivity contribution is 0.785. The largest absolute Gasteiger partial charge is 0.291 e. The number of hydrogen-bond acceptors (Lipinski definition) is 3. The zero-order valence-corrected chi connectivity index (χ0v) is 12.9. The molecule has 2 aromatic rings. The maximum atomic E-state index is 12.3. The highest BCUT2D eigenvalue weighted by molar-refractivity contribution is 7.98. The molecule has 100 valence electrons. The molecule has 1 aromatic carbocycles. The van der Waals surface area contributed by atoms with Crippen LogP contribution in [0.15, 0.2) is 28.0 Å². The summed E-state index contributed by atoms with van der Waals surface area (Å²) in [7, 11) is 0. The number of aromatic nitrogens is 2. The van der Waals surface area contributed by atoms with Gasteiger partial charge in [0.15, 0.2) is 0 Å². The van der Waals surface area contributed by atoms with Crippen LogP contribution in [0.25, 0.3) is 5.69 Å². The summed E-state index contributed by atoms with van der Waals surface area (Å²) in [6.45, 7) is 6.03. The van der Waals surface area contributed by atoms with Gasteiger partial charge < -0.3 is 0 Å². The van der Waals surface area contributed by atoms with Gasteiger partial charge >= 0.3 is 0 Å². The molecule has 0 bridgehead atoms. The van der Waals surface area contributed by atoms with E-state index in [4.69, 9.17) is 11.6 Å². The van der Waals surface area contributed by atoms with Crippen molar-refractivity contribution in [3.05, 3.63) is 50.4 Å². The first kappa shape index (κ1) is 14.2. The fraction of sp³-hybridized carbons (Fsp3) is 0.286. The van der Waals surface area contributed by atoms with Crippen LogP contribution < -0.4 is 5.56 Å². The minimum Gasteiger partial charge on any atom is -0.266 e. The Bertz CT molecular complexity index is 695. The van der Waals surface area contributed by atoms with Gasteiger partial charge in [0.25, 0.3) is 5.56 Å². The fourth-order valence-electron chi connectivity index (χ4n) is 1.91. The molecule has 0 saturated carbocycles. The molecule has 0 saturated heterocycles. The van der Waals surface area contributed by atoms with Crippen LogP contribution >= 0.6 is 23.4 Å². The molecule has 0 fully saturated rings. The molecular weight excluding hydrogens is 280 g/mol. The molecule has 5 heteroatoms. The van der Waals surface area contributed by atoms with Crippen LogP contribution in [0.1, 0.15) is 16.7 Å². The van der Waals surface area contributed by atoms with Crippen molar-refractivity contribution < 1.29 is 0 Å². The van der Waals surface area contributed by atoms with Gasteiger partial charge in [-0.3, -0.25) is 4.79 Å². The molecule has 0 N–H and O–H groups in total. The summed E-state index contributed by atoms with van der Waals surface area (Å²) in [5.41, 5.74) is 3.83. The van der Waals surface area contributed by atoms with E-state index in [0.29, 0.717) is 4.90 Å². The van der Waals surface area contributed by atoms with E-state index >= 15 is 0 Å². The van der Waals surface area contributed by atoms with Gasteiger partial charge in [0.05, 0.1) is 16.8 Å². The summed E-state index contributed by atoms with van der Waals surface area (Å²) in [5.74, 6) is 0. The summed E-state index contributed by atoms with van der Waals surface area (Å²) in [5, 5.41) is 4.43. The van der Waals surface area contributed by atoms with Crippen molar-refractivity contribution in [1.82, 2.24) is 9.78 Å². The highest BCUT2D eigenvalue weighted by Crippen LogP contribution is 2.22. The van der Waals surface area contributed by atoms with E-state index in [1.807, 2.05) is 33.1 Å². The van der Waals surface area contributed by atoms with Crippen molar-refractivity contribution in [3.8, 4) is 5.69 Å². The predicted octanol–water partition coefficient (Wildman–Crippen LogP) is 3.53.